The highest BCUT2D eigenvalue weighted by Gasteiger charge is 2.20. The maximum absolute atomic E-state index is 12.3. The van der Waals surface area contributed by atoms with Gasteiger partial charge in [-0.15, -0.1) is 0 Å². The lowest BCUT2D eigenvalue weighted by Crippen LogP contribution is -2.29. The molecule has 0 amide bonds. The van der Waals surface area contributed by atoms with Crippen LogP contribution in [-0.2, 0) is 10.0 Å². The number of hydrogen-bond acceptors (Lipinski definition) is 4. The summed E-state index contributed by atoms with van der Waals surface area (Å²) in [7, 11) is -2.00. The van der Waals surface area contributed by atoms with Gasteiger partial charge in [0.05, 0.1) is 17.6 Å². The fourth-order valence-corrected chi connectivity index (χ4v) is 2.83. The van der Waals surface area contributed by atoms with E-state index in [1.807, 2.05) is 0 Å². The maximum Gasteiger partial charge on any atom is 0.242 e. The summed E-state index contributed by atoms with van der Waals surface area (Å²) in [5.41, 5.74) is 0. The molecule has 1 N–H and O–H groups in total. The average Bonchev–Trinajstić information content (AvgIpc) is 2.42. The van der Waals surface area contributed by atoms with Gasteiger partial charge in [-0.1, -0.05) is 13.8 Å². The predicted octanol–water partition coefficient (Wildman–Crippen LogP) is 2.11. The first kappa shape index (κ1) is 17.9. The van der Waals surface area contributed by atoms with Crippen molar-refractivity contribution in [2.45, 2.75) is 38.2 Å². The monoisotopic (exact) mass is 315 g/mol. The number of rotatable bonds is 8. The summed E-state index contributed by atoms with van der Waals surface area (Å²) in [5.74, 6) is 1.08. The van der Waals surface area contributed by atoms with E-state index in [0.717, 1.165) is 0 Å². The molecule has 21 heavy (non-hydrogen) atoms. The van der Waals surface area contributed by atoms with E-state index in [0.29, 0.717) is 24.7 Å². The molecular weight excluding hydrogens is 290 g/mol. The number of hydrogen-bond donors (Lipinski definition) is 1. The molecule has 0 radical (unpaired) electrons. The SMILES string of the molecule is CC(C)COc1ccc(S(=O)(=O)N(C)CCC(C)O)cc1. The zero-order valence-electron chi connectivity index (χ0n) is 13.1. The van der Waals surface area contributed by atoms with Crippen molar-refractivity contribution in [3.8, 4) is 5.75 Å². The third-order valence-corrected chi connectivity index (χ3v) is 4.85. The first-order valence-corrected chi connectivity index (χ1v) is 8.54. The lowest BCUT2D eigenvalue weighted by molar-refractivity contribution is 0.177. The second-order valence-electron chi connectivity index (χ2n) is 5.64. The third-order valence-electron chi connectivity index (χ3n) is 2.98. The van der Waals surface area contributed by atoms with Crippen molar-refractivity contribution in [1.82, 2.24) is 4.31 Å². The molecule has 0 aromatic heterocycles. The average molecular weight is 315 g/mol. The summed E-state index contributed by atoms with van der Waals surface area (Å²) >= 11 is 0. The normalized spacial score (nSPS) is 13.7. The number of benzene rings is 1. The summed E-state index contributed by atoms with van der Waals surface area (Å²) in [6.45, 7) is 6.62. The quantitative estimate of drug-likeness (QED) is 0.798. The van der Waals surface area contributed by atoms with Crippen LogP contribution in [-0.4, -0.2) is 44.1 Å². The number of ether oxygens (including phenoxy) is 1. The molecule has 1 unspecified atom stereocenters. The van der Waals surface area contributed by atoms with Crippen LogP contribution >= 0.6 is 0 Å². The van der Waals surface area contributed by atoms with E-state index in [-0.39, 0.29) is 11.4 Å². The lowest BCUT2D eigenvalue weighted by atomic mass is 10.2. The summed E-state index contributed by atoms with van der Waals surface area (Å²) in [6, 6.07) is 6.42. The van der Waals surface area contributed by atoms with Crippen molar-refractivity contribution in [2.75, 3.05) is 20.2 Å². The van der Waals surface area contributed by atoms with Crippen LogP contribution in [0.5, 0.6) is 5.75 Å². The Kier molecular flexibility index (Phi) is 6.64. The third kappa shape index (κ3) is 5.65. The number of nitrogens with zero attached hydrogens (tertiary/aromatic N) is 1. The Bertz CT molecular complexity index is 523. The molecule has 5 nitrogen and oxygen atoms in total. The molecule has 6 heteroatoms. The number of aliphatic hydroxyl groups excluding tert-OH is 1. The van der Waals surface area contributed by atoms with Gasteiger partial charge in [-0.05, 0) is 43.5 Å². The highest BCUT2D eigenvalue weighted by atomic mass is 32.2. The van der Waals surface area contributed by atoms with Crippen LogP contribution in [0, 0.1) is 5.92 Å². The molecule has 0 bridgehead atoms. The van der Waals surface area contributed by atoms with Crippen molar-refractivity contribution >= 4 is 10.0 Å². The molecule has 0 aliphatic carbocycles. The summed E-state index contributed by atoms with van der Waals surface area (Å²) in [4.78, 5) is 0.229. The van der Waals surface area contributed by atoms with Gasteiger partial charge in [-0.3, -0.25) is 0 Å². The van der Waals surface area contributed by atoms with Gasteiger partial charge in [0.15, 0.2) is 0 Å². The number of aliphatic hydroxyl groups is 1. The van der Waals surface area contributed by atoms with Crippen molar-refractivity contribution in [3.05, 3.63) is 24.3 Å². The topological polar surface area (TPSA) is 66.8 Å². The Labute approximate surface area is 127 Å². The van der Waals surface area contributed by atoms with Gasteiger partial charge in [-0.25, -0.2) is 12.7 Å². The summed E-state index contributed by atoms with van der Waals surface area (Å²) in [6.07, 6.45) is -0.111. The van der Waals surface area contributed by atoms with E-state index < -0.39 is 16.1 Å². The molecule has 0 saturated heterocycles. The molecule has 0 aliphatic heterocycles. The van der Waals surface area contributed by atoms with Crippen LogP contribution in [0.25, 0.3) is 0 Å². The van der Waals surface area contributed by atoms with Crippen LogP contribution in [0.3, 0.4) is 0 Å². The lowest BCUT2D eigenvalue weighted by Gasteiger charge is -2.18. The minimum Gasteiger partial charge on any atom is -0.493 e. The molecule has 120 valence electrons. The van der Waals surface area contributed by atoms with Crippen molar-refractivity contribution in [3.63, 3.8) is 0 Å². The Hall–Kier alpha value is -1.11. The van der Waals surface area contributed by atoms with Gasteiger partial charge >= 0.3 is 0 Å². The fraction of sp³-hybridized carbons (Fsp3) is 0.600. The molecule has 1 aromatic carbocycles. The second-order valence-corrected chi connectivity index (χ2v) is 7.69. The number of sulfonamides is 1. The zero-order chi connectivity index (χ0) is 16.0. The van der Waals surface area contributed by atoms with Gasteiger partial charge in [0.2, 0.25) is 10.0 Å². The smallest absolute Gasteiger partial charge is 0.242 e. The molecule has 0 aliphatic rings. The highest BCUT2D eigenvalue weighted by Crippen LogP contribution is 2.19. The van der Waals surface area contributed by atoms with Crippen molar-refractivity contribution in [1.29, 1.82) is 0 Å². The van der Waals surface area contributed by atoms with Crippen LogP contribution < -0.4 is 4.74 Å². The van der Waals surface area contributed by atoms with Gasteiger partial charge in [-0.2, -0.15) is 0 Å². The van der Waals surface area contributed by atoms with Crippen LogP contribution in [0.1, 0.15) is 27.2 Å². The second kappa shape index (κ2) is 7.77. The van der Waals surface area contributed by atoms with E-state index >= 15 is 0 Å². The van der Waals surface area contributed by atoms with Crippen LogP contribution in [0.15, 0.2) is 29.2 Å². The Morgan fingerprint density at radius 1 is 1.19 bits per heavy atom. The summed E-state index contributed by atoms with van der Waals surface area (Å²) < 4.78 is 31.4. The van der Waals surface area contributed by atoms with E-state index in [1.54, 1.807) is 31.2 Å². The first-order valence-electron chi connectivity index (χ1n) is 7.10. The zero-order valence-corrected chi connectivity index (χ0v) is 13.9. The minimum atomic E-state index is -3.52. The standard InChI is InChI=1S/C15H25NO4S/c1-12(2)11-20-14-5-7-15(8-6-14)21(18,19)16(4)10-9-13(3)17/h5-8,12-13,17H,9-11H2,1-4H3. The molecule has 1 atom stereocenters. The van der Waals surface area contributed by atoms with Gasteiger partial charge in [0.25, 0.3) is 0 Å². The van der Waals surface area contributed by atoms with Crippen LogP contribution in [0.2, 0.25) is 0 Å². The Morgan fingerprint density at radius 2 is 1.76 bits per heavy atom. The highest BCUT2D eigenvalue weighted by molar-refractivity contribution is 7.89. The van der Waals surface area contributed by atoms with E-state index in [1.165, 1.54) is 11.4 Å². The van der Waals surface area contributed by atoms with Gasteiger partial charge in [0, 0.05) is 13.6 Å². The van der Waals surface area contributed by atoms with Gasteiger partial charge < -0.3 is 9.84 Å². The molecular formula is C15H25NO4S. The van der Waals surface area contributed by atoms with E-state index in [9.17, 15) is 13.5 Å². The largest absolute Gasteiger partial charge is 0.493 e. The minimum absolute atomic E-state index is 0.229. The fourth-order valence-electron chi connectivity index (χ4n) is 1.64. The molecule has 0 spiro atoms. The summed E-state index contributed by atoms with van der Waals surface area (Å²) in [5, 5.41) is 9.24. The molecule has 1 rings (SSSR count). The molecule has 1 aromatic rings. The first-order chi connectivity index (χ1) is 9.73. The molecule has 0 heterocycles. The maximum atomic E-state index is 12.3. The predicted molar refractivity (Wildman–Crippen MR) is 82.9 cm³/mol. The van der Waals surface area contributed by atoms with Crippen molar-refractivity contribution in [2.24, 2.45) is 5.92 Å². The van der Waals surface area contributed by atoms with Crippen molar-refractivity contribution < 1.29 is 18.3 Å². The van der Waals surface area contributed by atoms with Crippen LogP contribution in [0.4, 0.5) is 0 Å². The Balaban J connectivity index is 2.75. The Morgan fingerprint density at radius 3 is 2.24 bits per heavy atom. The van der Waals surface area contributed by atoms with E-state index in [2.05, 4.69) is 13.8 Å². The van der Waals surface area contributed by atoms with Gasteiger partial charge in [0.1, 0.15) is 5.75 Å². The molecule has 0 saturated carbocycles. The molecule has 0 fully saturated rings. The van der Waals surface area contributed by atoms with E-state index in [4.69, 9.17) is 4.74 Å².